The molecule has 0 radical (unpaired) electrons. The summed E-state index contributed by atoms with van der Waals surface area (Å²) in [6.45, 7) is 0. The van der Waals surface area contributed by atoms with Crippen LogP contribution < -0.4 is 9.96 Å². The van der Waals surface area contributed by atoms with E-state index in [1.54, 1.807) is 41.5 Å². The molecule has 2 fully saturated rings. The third-order valence-electron chi connectivity index (χ3n) is 5.40. The molecule has 30 heavy (non-hydrogen) atoms. The van der Waals surface area contributed by atoms with Gasteiger partial charge < -0.3 is 0 Å². The first kappa shape index (κ1) is 19.1. The van der Waals surface area contributed by atoms with Gasteiger partial charge in [-0.05, 0) is 48.0 Å². The summed E-state index contributed by atoms with van der Waals surface area (Å²) in [5.74, 6) is -1.41. The summed E-state index contributed by atoms with van der Waals surface area (Å²) >= 11 is 12.1. The molecule has 2 aliphatic rings. The zero-order valence-electron chi connectivity index (χ0n) is 15.6. The molecule has 5 nitrogen and oxygen atoms in total. The Morgan fingerprint density at radius 3 is 2.13 bits per heavy atom. The lowest BCUT2D eigenvalue weighted by atomic mass is 9.90. The Balaban J connectivity index is 1.59. The van der Waals surface area contributed by atoms with Crippen LogP contribution in [0.2, 0.25) is 10.0 Å². The van der Waals surface area contributed by atoms with E-state index < -0.39 is 24.0 Å². The molecule has 2 aliphatic heterocycles. The summed E-state index contributed by atoms with van der Waals surface area (Å²) in [5.41, 5.74) is 2.04. The van der Waals surface area contributed by atoms with Crippen LogP contribution in [0.3, 0.4) is 0 Å². The summed E-state index contributed by atoms with van der Waals surface area (Å²) in [7, 11) is 0. The molecule has 0 spiro atoms. The SMILES string of the molecule is O=C1[C@H]2[C@@H](ON(c3ccccc3)[C@H]2c2ccc(Cl)cc2)C(=O)N1c1cccc(Cl)c1. The molecule has 2 saturated heterocycles. The molecule has 0 aromatic heterocycles. The fourth-order valence-corrected chi connectivity index (χ4v) is 4.39. The second kappa shape index (κ2) is 7.43. The maximum Gasteiger partial charge on any atom is 0.266 e. The lowest BCUT2D eigenvalue weighted by molar-refractivity contribution is -0.126. The van der Waals surface area contributed by atoms with Crippen LogP contribution in [-0.2, 0) is 14.4 Å². The number of benzene rings is 3. The number of halogens is 2. The van der Waals surface area contributed by atoms with Gasteiger partial charge in [0.15, 0.2) is 6.10 Å². The van der Waals surface area contributed by atoms with Crippen LogP contribution >= 0.6 is 23.2 Å². The summed E-state index contributed by atoms with van der Waals surface area (Å²) in [4.78, 5) is 33.9. The van der Waals surface area contributed by atoms with Crippen molar-refractivity contribution < 1.29 is 14.4 Å². The van der Waals surface area contributed by atoms with Crippen LogP contribution in [0.4, 0.5) is 11.4 Å². The van der Waals surface area contributed by atoms with E-state index in [0.29, 0.717) is 15.7 Å². The summed E-state index contributed by atoms with van der Waals surface area (Å²) in [5, 5.41) is 2.70. The first-order valence-electron chi connectivity index (χ1n) is 9.44. The van der Waals surface area contributed by atoms with Crippen molar-refractivity contribution in [3.63, 3.8) is 0 Å². The molecule has 150 valence electrons. The highest BCUT2D eigenvalue weighted by Gasteiger charge is 2.60. The molecule has 0 N–H and O–H groups in total. The fraction of sp³-hybridized carbons (Fsp3) is 0.130. The van der Waals surface area contributed by atoms with Crippen molar-refractivity contribution in [1.29, 1.82) is 0 Å². The Labute approximate surface area is 183 Å². The second-order valence-corrected chi connectivity index (χ2v) is 8.07. The Hall–Kier alpha value is -2.86. The average Bonchev–Trinajstić information content (AvgIpc) is 3.26. The molecule has 7 heteroatoms. The quantitative estimate of drug-likeness (QED) is 0.537. The second-order valence-electron chi connectivity index (χ2n) is 7.20. The van der Waals surface area contributed by atoms with Gasteiger partial charge in [-0.15, -0.1) is 0 Å². The van der Waals surface area contributed by atoms with E-state index in [2.05, 4.69) is 0 Å². The topological polar surface area (TPSA) is 49.9 Å². The Kier molecular flexibility index (Phi) is 4.74. The fourth-order valence-electron chi connectivity index (χ4n) is 4.08. The normalized spacial score (nSPS) is 23.2. The number of imide groups is 1. The third-order valence-corrected chi connectivity index (χ3v) is 5.89. The number of carbonyl (C=O) groups excluding carboxylic acids is 2. The van der Waals surface area contributed by atoms with Crippen LogP contribution in [-0.4, -0.2) is 17.9 Å². The number of nitrogens with zero attached hydrogens (tertiary/aromatic N) is 2. The summed E-state index contributed by atoms with van der Waals surface area (Å²) in [6.07, 6.45) is -0.919. The minimum absolute atomic E-state index is 0.314. The summed E-state index contributed by atoms with van der Waals surface area (Å²) in [6, 6.07) is 22.9. The number of hydrogen-bond acceptors (Lipinski definition) is 4. The van der Waals surface area contributed by atoms with Gasteiger partial charge in [0.2, 0.25) is 5.91 Å². The highest BCUT2D eigenvalue weighted by atomic mass is 35.5. The van der Waals surface area contributed by atoms with E-state index in [-0.39, 0.29) is 5.91 Å². The van der Waals surface area contributed by atoms with E-state index in [9.17, 15) is 9.59 Å². The predicted octanol–water partition coefficient (Wildman–Crippen LogP) is 5.04. The molecule has 5 rings (SSSR count). The van der Waals surface area contributed by atoms with Gasteiger partial charge >= 0.3 is 0 Å². The molecule has 2 heterocycles. The first-order valence-corrected chi connectivity index (χ1v) is 10.2. The van der Waals surface area contributed by atoms with Crippen molar-refractivity contribution in [2.75, 3.05) is 9.96 Å². The number of hydroxylamine groups is 1. The molecule has 3 aromatic carbocycles. The van der Waals surface area contributed by atoms with Crippen molar-refractivity contribution in [1.82, 2.24) is 0 Å². The van der Waals surface area contributed by atoms with Crippen LogP contribution in [0.1, 0.15) is 11.6 Å². The van der Waals surface area contributed by atoms with E-state index in [1.807, 2.05) is 42.5 Å². The van der Waals surface area contributed by atoms with Gasteiger partial charge in [0.25, 0.3) is 5.91 Å². The number of fused-ring (bicyclic) bond motifs is 1. The van der Waals surface area contributed by atoms with Gasteiger partial charge in [0.05, 0.1) is 17.4 Å². The Morgan fingerprint density at radius 2 is 1.43 bits per heavy atom. The minimum Gasteiger partial charge on any atom is -0.273 e. The number of amides is 2. The smallest absolute Gasteiger partial charge is 0.266 e. The molecule has 0 aliphatic carbocycles. The molecular weight excluding hydrogens is 423 g/mol. The van der Waals surface area contributed by atoms with Gasteiger partial charge in [-0.25, -0.2) is 9.96 Å². The number of anilines is 2. The molecule has 0 unspecified atom stereocenters. The number of rotatable bonds is 3. The standard InChI is InChI=1S/C23H16Cl2N2O3/c24-15-11-9-14(10-12-15)20-19-21(30-27(20)17-6-2-1-3-7-17)23(29)26(22(19)28)18-8-4-5-16(25)13-18/h1-13,19-21H/t19-,20+,21-/m1/s1. The molecule has 2 amide bonds. The Bertz CT molecular complexity index is 1120. The monoisotopic (exact) mass is 438 g/mol. The van der Waals surface area contributed by atoms with Crippen molar-refractivity contribution in [3.8, 4) is 0 Å². The zero-order chi connectivity index (χ0) is 20.8. The van der Waals surface area contributed by atoms with E-state index in [0.717, 1.165) is 11.3 Å². The van der Waals surface area contributed by atoms with Gasteiger partial charge in [0.1, 0.15) is 5.92 Å². The third kappa shape index (κ3) is 3.06. The molecule has 3 atom stereocenters. The number of para-hydroxylation sites is 1. The van der Waals surface area contributed by atoms with Crippen molar-refractivity contribution >= 4 is 46.4 Å². The maximum atomic E-state index is 13.5. The van der Waals surface area contributed by atoms with Gasteiger partial charge in [-0.1, -0.05) is 59.6 Å². The number of carbonyl (C=O) groups is 2. The van der Waals surface area contributed by atoms with Crippen LogP contribution in [0.25, 0.3) is 0 Å². The molecule has 0 saturated carbocycles. The van der Waals surface area contributed by atoms with Crippen LogP contribution in [0.15, 0.2) is 78.9 Å². The van der Waals surface area contributed by atoms with Crippen molar-refractivity contribution in [2.45, 2.75) is 12.1 Å². The Morgan fingerprint density at radius 1 is 0.733 bits per heavy atom. The molecule has 0 bridgehead atoms. The first-order chi connectivity index (χ1) is 14.5. The van der Waals surface area contributed by atoms with Crippen LogP contribution in [0.5, 0.6) is 0 Å². The zero-order valence-corrected chi connectivity index (χ0v) is 17.1. The highest BCUT2D eigenvalue weighted by molar-refractivity contribution is 6.31. The van der Waals surface area contributed by atoms with Crippen molar-refractivity contribution in [2.24, 2.45) is 5.92 Å². The average molecular weight is 439 g/mol. The molecule has 3 aromatic rings. The van der Waals surface area contributed by atoms with Gasteiger partial charge in [0, 0.05) is 10.0 Å². The minimum atomic E-state index is -0.919. The van der Waals surface area contributed by atoms with Gasteiger partial charge in [-0.3, -0.25) is 14.4 Å². The highest BCUT2D eigenvalue weighted by Crippen LogP contribution is 2.47. The number of hydrogen-bond donors (Lipinski definition) is 0. The maximum absolute atomic E-state index is 13.5. The van der Waals surface area contributed by atoms with E-state index in [1.165, 1.54) is 4.90 Å². The summed E-state index contributed by atoms with van der Waals surface area (Å²) < 4.78 is 0. The van der Waals surface area contributed by atoms with E-state index in [4.69, 9.17) is 28.0 Å². The van der Waals surface area contributed by atoms with Gasteiger partial charge in [-0.2, -0.15) is 0 Å². The largest absolute Gasteiger partial charge is 0.273 e. The predicted molar refractivity (Wildman–Crippen MR) is 115 cm³/mol. The lowest BCUT2D eigenvalue weighted by Crippen LogP contribution is -2.37. The van der Waals surface area contributed by atoms with E-state index >= 15 is 0 Å². The molecular formula is C23H16Cl2N2O3. The lowest BCUT2D eigenvalue weighted by Gasteiger charge is -2.28. The van der Waals surface area contributed by atoms with Crippen LogP contribution in [0, 0.1) is 5.92 Å². The van der Waals surface area contributed by atoms with Crippen molar-refractivity contribution in [3.05, 3.63) is 94.5 Å².